The monoisotopic (exact) mass is 259 g/mol. The molecule has 0 amide bonds. The van der Waals surface area contributed by atoms with Gasteiger partial charge in [0.15, 0.2) is 0 Å². The largest absolute Gasteiger partial charge is 0.496 e. The molecule has 2 nitrogen and oxygen atoms in total. The predicted molar refractivity (Wildman–Crippen MR) is 78.9 cm³/mol. The highest BCUT2D eigenvalue weighted by Gasteiger charge is 2.44. The molecule has 1 aliphatic heterocycles. The summed E-state index contributed by atoms with van der Waals surface area (Å²) in [6.45, 7) is 4.48. The van der Waals surface area contributed by atoms with Gasteiger partial charge in [-0.25, -0.2) is 0 Å². The minimum atomic E-state index is 0.485. The second-order valence-corrected chi connectivity index (χ2v) is 6.35. The van der Waals surface area contributed by atoms with Crippen LogP contribution in [0, 0.1) is 12.3 Å². The summed E-state index contributed by atoms with van der Waals surface area (Å²) in [7, 11) is 1.80. The summed E-state index contributed by atoms with van der Waals surface area (Å²) in [5, 5.41) is 3.65. The number of hydrogen-bond acceptors (Lipinski definition) is 2. The zero-order valence-corrected chi connectivity index (χ0v) is 12.2. The van der Waals surface area contributed by atoms with E-state index in [2.05, 4.69) is 30.4 Å². The molecule has 1 atom stereocenters. The molecule has 2 heteroatoms. The van der Waals surface area contributed by atoms with Gasteiger partial charge in [0.05, 0.1) is 7.11 Å². The van der Waals surface area contributed by atoms with Gasteiger partial charge < -0.3 is 10.1 Å². The van der Waals surface area contributed by atoms with Crippen molar-refractivity contribution in [3.8, 4) is 5.75 Å². The average molecular weight is 259 g/mol. The van der Waals surface area contributed by atoms with Gasteiger partial charge in [0.1, 0.15) is 5.75 Å². The fourth-order valence-electron chi connectivity index (χ4n) is 4.15. The maximum atomic E-state index is 5.62. The van der Waals surface area contributed by atoms with E-state index >= 15 is 0 Å². The molecule has 104 valence electrons. The first kappa shape index (κ1) is 13.0. The molecule has 2 aliphatic rings. The molecule has 0 aromatic heterocycles. The van der Waals surface area contributed by atoms with Crippen LogP contribution in [0.3, 0.4) is 0 Å². The molecule has 1 aromatic rings. The second kappa shape index (κ2) is 5.16. The summed E-state index contributed by atoms with van der Waals surface area (Å²) in [5.41, 5.74) is 3.25. The zero-order valence-electron chi connectivity index (χ0n) is 12.2. The standard InChI is InChI=1S/C17H25NO/c1-13-6-7-16(19-2)14(10-13)15-11-18-12-17(15)8-4-3-5-9-17/h6-7,10,15,18H,3-5,8-9,11-12H2,1-2H3. The normalized spacial score (nSPS) is 25.7. The molecule has 1 unspecified atom stereocenters. The second-order valence-electron chi connectivity index (χ2n) is 6.35. The number of hydrogen-bond donors (Lipinski definition) is 1. The zero-order chi connectivity index (χ0) is 13.3. The molecule has 1 N–H and O–H groups in total. The predicted octanol–water partition coefficient (Wildman–Crippen LogP) is 3.64. The van der Waals surface area contributed by atoms with E-state index in [0.717, 1.165) is 12.3 Å². The van der Waals surface area contributed by atoms with Crippen LogP contribution >= 0.6 is 0 Å². The van der Waals surface area contributed by atoms with Gasteiger partial charge in [-0.05, 0) is 36.8 Å². The summed E-state index contributed by atoms with van der Waals surface area (Å²) in [6.07, 6.45) is 6.96. The fraction of sp³-hybridized carbons (Fsp3) is 0.647. The molecular formula is C17H25NO. The van der Waals surface area contributed by atoms with Crippen LogP contribution in [0.5, 0.6) is 5.75 Å². The Bertz CT molecular complexity index is 449. The van der Waals surface area contributed by atoms with Crippen molar-refractivity contribution in [1.82, 2.24) is 5.32 Å². The van der Waals surface area contributed by atoms with Crippen molar-refractivity contribution in [2.24, 2.45) is 5.41 Å². The Labute approximate surface area is 116 Å². The van der Waals surface area contributed by atoms with Gasteiger partial charge in [0, 0.05) is 19.0 Å². The van der Waals surface area contributed by atoms with E-state index in [1.807, 2.05) is 0 Å². The number of benzene rings is 1. The van der Waals surface area contributed by atoms with Crippen LogP contribution in [-0.4, -0.2) is 20.2 Å². The molecule has 3 rings (SSSR count). The molecule has 19 heavy (non-hydrogen) atoms. The lowest BCUT2D eigenvalue weighted by Gasteiger charge is -2.39. The van der Waals surface area contributed by atoms with Gasteiger partial charge in [0.2, 0.25) is 0 Å². The van der Waals surface area contributed by atoms with E-state index in [0.29, 0.717) is 11.3 Å². The van der Waals surface area contributed by atoms with Crippen molar-refractivity contribution in [2.75, 3.05) is 20.2 Å². The quantitative estimate of drug-likeness (QED) is 0.875. The maximum absolute atomic E-state index is 5.62. The Hall–Kier alpha value is -1.02. The van der Waals surface area contributed by atoms with Crippen LogP contribution < -0.4 is 10.1 Å². The maximum Gasteiger partial charge on any atom is 0.122 e. The molecule has 0 bridgehead atoms. The highest BCUT2D eigenvalue weighted by molar-refractivity contribution is 5.41. The highest BCUT2D eigenvalue weighted by Crippen LogP contribution is 2.51. The van der Waals surface area contributed by atoms with E-state index in [1.165, 1.54) is 49.8 Å². The third-order valence-corrected chi connectivity index (χ3v) is 5.17. The van der Waals surface area contributed by atoms with E-state index in [9.17, 15) is 0 Å². The molecular weight excluding hydrogens is 234 g/mol. The minimum Gasteiger partial charge on any atom is -0.496 e. The highest BCUT2D eigenvalue weighted by atomic mass is 16.5. The van der Waals surface area contributed by atoms with Crippen LogP contribution in [0.15, 0.2) is 18.2 Å². The minimum absolute atomic E-state index is 0.485. The van der Waals surface area contributed by atoms with E-state index in [1.54, 1.807) is 7.11 Å². The van der Waals surface area contributed by atoms with Crippen LogP contribution in [0.25, 0.3) is 0 Å². The van der Waals surface area contributed by atoms with Gasteiger partial charge in [-0.3, -0.25) is 0 Å². The first-order valence-corrected chi connectivity index (χ1v) is 7.60. The number of nitrogens with one attached hydrogen (secondary N) is 1. The van der Waals surface area contributed by atoms with Crippen molar-refractivity contribution >= 4 is 0 Å². The molecule has 1 aromatic carbocycles. The van der Waals surface area contributed by atoms with E-state index in [-0.39, 0.29) is 0 Å². The molecule has 1 saturated carbocycles. The SMILES string of the molecule is COc1ccc(C)cc1C1CNCC12CCCCC2. The van der Waals surface area contributed by atoms with Gasteiger partial charge in [-0.1, -0.05) is 37.0 Å². The number of rotatable bonds is 2. The fourth-order valence-corrected chi connectivity index (χ4v) is 4.15. The van der Waals surface area contributed by atoms with Gasteiger partial charge in [-0.2, -0.15) is 0 Å². The molecule has 1 spiro atoms. The molecule has 1 aliphatic carbocycles. The lowest BCUT2D eigenvalue weighted by molar-refractivity contribution is 0.187. The van der Waals surface area contributed by atoms with Crippen molar-refractivity contribution in [1.29, 1.82) is 0 Å². The summed E-state index contributed by atoms with van der Waals surface area (Å²) >= 11 is 0. The van der Waals surface area contributed by atoms with Crippen LogP contribution in [-0.2, 0) is 0 Å². The molecule has 1 heterocycles. The van der Waals surface area contributed by atoms with Gasteiger partial charge in [0.25, 0.3) is 0 Å². The Balaban J connectivity index is 1.98. The third-order valence-electron chi connectivity index (χ3n) is 5.17. The van der Waals surface area contributed by atoms with Crippen molar-refractivity contribution in [2.45, 2.75) is 44.9 Å². The lowest BCUT2D eigenvalue weighted by atomic mass is 9.65. The number of aryl methyl sites for hydroxylation is 1. The Morgan fingerprint density at radius 3 is 2.74 bits per heavy atom. The number of ether oxygens (including phenoxy) is 1. The Morgan fingerprint density at radius 1 is 1.21 bits per heavy atom. The van der Waals surface area contributed by atoms with Crippen molar-refractivity contribution < 1.29 is 4.74 Å². The summed E-state index contributed by atoms with van der Waals surface area (Å²) in [4.78, 5) is 0. The van der Waals surface area contributed by atoms with Gasteiger partial charge >= 0.3 is 0 Å². The molecule has 1 saturated heterocycles. The third kappa shape index (κ3) is 2.27. The van der Waals surface area contributed by atoms with Crippen LogP contribution in [0.1, 0.15) is 49.1 Å². The first-order valence-electron chi connectivity index (χ1n) is 7.60. The summed E-state index contributed by atoms with van der Waals surface area (Å²) in [6, 6.07) is 6.63. The van der Waals surface area contributed by atoms with Crippen molar-refractivity contribution in [3.05, 3.63) is 29.3 Å². The summed E-state index contributed by atoms with van der Waals surface area (Å²) in [5.74, 6) is 1.70. The number of methoxy groups -OCH3 is 1. The first-order chi connectivity index (χ1) is 9.25. The topological polar surface area (TPSA) is 21.3 Å². The summed E-state index contributed by atoms with van der Waals surface area (Å²) < 4.78 is 5.62. The van der Waals surface area contributed by atoms with Gasteiger partial charge in [-0.15, -0.1) is 0 Å². The smallest absolute Gasteiger partial charge is 0.122 e. The van der Waals surface area contributed by atoms with E-state index < -0.39 is 0 Å². The van der Waals surface area contributed by atoms with Crippen LogP contribution in [0.4, 0.5) is 0 Å². The van der Waals surface area contributed by atoms with Crippen molar-refractivity contribution in [3.63, 3.8) is 0 Å². The average Bonchev–Trinajstić information content (AvgIpc) is 2.82. The molecule has 0 radical (unpaired) electrons. The van der Waals surface area contributed by atoms with E-state index in [4.69, 9.17) is 4.74 Å². The van der Waals surface area contributed by atoms with Crippen LogP contribution in [0.2, 0.25) is 0 Å². The molecule has 2 fully saturated rings. The Morgan fingerprint density at radius 2 is 2.00 bits per heavy atom. The Kier molecular flexibility index (Phi) is 3.53. The lowest BCUT2D eigenvalue weighted by Crippen LogP contribution is -2.31.